The molecule has 0 aliphatic carbocycles. The van der Waals surface area contributed by atoms with Crippen LogP contribution < -0.4 is 5.73 Å². The van der Waals surface area contributed by atoms with Crippen LogP contribution in [-0.2, 0) is 0 Å². The number of aryl methyl sites for hydroxylation is 1. The quantitative estimate of drug-likeness (QED) is 0.706. The van der Waals surface area contributed by atoms with Gasteiger partial charge < -0.3 is 10.8 Å². The van der Waals surface area contributed by atoms with E-state index in [0.717, 1.165) is 15.0 Å². The summed E-state index contributed by atoms with van der Waals surface area (Å²) in [7, 11) is 0. The third-order valence-corrected chi connectivity index (χ3v) is 3.13. The number of anilines is 1. The molecule has 0 saturated heterocycles. The molecule has 0 aliphatic heterocycles. The number of hydrogen-bond acceptors (Lipinski definition) is 3. The van der Waals surface area contributed by atoms with Crippen molar-refractivity contribution in [3.63, 3.8) is 0 Å². The number of carbonyl (C=O) groups is 1. The van der Waals surface area contributed by atoms with Crippen molar-refractivity contribution in [2.45, 2.75) is 6.92 Å². The summed E-state index contributed by atoms with van der Waals surface area (Å²) in [6, 6.07) is 5.10. The van der Waals surface area contributed by atoms with Crippen LogP contribution in [0, 0.1) is 6.92 Å². The van der Waals surface area contributed by atoms with Crippen molar-refractivity contribution in [1.82, 2.24) is 0 Å². The maximum absolute atomic E-state index is 10.8. The second-order valence-electron chi connectivity index (χ2n) is 3.15. The molecule has 72 valence electrons. The molecule has 0 atom stereocenters. The Labute approximate surface area is 84.8 Å². The monoisotopic (exact) mass is 207 g/mol. The molecule has 4 heteroatoms. The zero-order chi connectivity index (χ0) is 10.3. The van der Waals surface area contributed by atoms with E-state index < -0.39 is 5.97 Å². The zero-order valence-corrected chi connectivity index (χ0v) is 8.39. The average molecular weight is 207 g/mol. The molecule has 2 aromatic rings. The summed E-state index contributed by atoms with van der Waals surface area (Å²) >= 11 is 1.58. The molecule has 2 rings (SSSR count). The highest BCUT2D eigenvalue weighted by atomic mass is 32.1. The highest BCUT2D eigenvalue weighted by molar-refractivity contribution is 7.19. The van der Waals surface area contributed by atoms with Crippen molar-refractivity contribution in [2.24, 2.45) is 0 Å². The number of nitrogen functional groups attached to an aromatic ring is 1. The predicted molar refractivity (Wildman–Crippen MR) is 57.9 cm³/mol. The first kappa shape index (κ1) is 9.02. The van der Waals surface area contributed by atoms with Crippen molar-refractivity contribution in [1.29, 1.82) is 0 Å². The summed E-state index contributed by atoms with van der Waals surface area (Å²) < 4.78 is 0.965. The van der Waals surface area contributed by atoms with Gasteiger partial charge in [-0.15, -0.1) is 11.3 Å². The molecule has 1 heterocycles. The first-order valence-corrected chi connectivity index (χ1v) is 4.92. The fourth-order valence-corrected chi connectivity index (χ4v) is 2.35. The highest BCUT2D eigenvalue weighted by Crippen LogP contribution is 2.31. The Bertz CT molecular complexity index is 516. The van der Waals surface area contributed by atoms with Crippen LogP contribution in [-0.4, -0.2) is 11.1 Å². The lowest BCUT2D eigenvalue weighted by atomic mass is 10.1. The van der Waals surface area contributed by atoms with E-state index in [-0.39, 0.29) is 5.56 Å². The van der Waals surface area contributed by atoms with Gasteiger partial charge in [0.1, 0.15) is 0 Å². The van der Waals surface area contributed by atoms with Crippen LogP contribution >= 0.6 is 11.3 Å². The van der Waals surface area contributed by atoms with Crippen LogP contribution in [0.3, 0.4) is 0 Å². The normalized spacial score (nSPS) is 10.6. The molecule has 0 unspecified atom stereocenters. The Morgan fingerprint density at radius 1 is 1.43 bits per heavy atom. The summed E-state index contributed by atoms with van der Waals surface area (Å²) in [5.74, 6) is -0.942. The molecule has 0 spiro atoms. The number of hydrogen-bond donors (Lipinski definition) is 2. The Morgan fingerprint density at radius 2 is 2.14 bits per heavy atom. The van der Waals surface area contributed by atoms with Gasteiger partial charge in [0.05, 0.1) is 16.0 Å². The Kier molecular flexibility index (Phi) is 1.93. The molecular weight excluding hydrogens is 198 g/mol. The van der Waals surface area contributed by atoms with Crippen LogP contribution in [0.1, 0.15) is 15.2 Å². The van der Waals surface area contributed by atoms with Crippen LogP contribution in [0.2, 0.25) is 0 Å². The number of carboxylic acids is 1. The first-order chi connectivity index (χ1) is 6.58. The number of rotatable bonds is 1. The van der Waals surface area contributed by atoms with E-state index in [9.17, 15) is 4.79 Å². The van der Waals surface area contributed by atoms with Gasteiger partial charge >= 0.3 is 5.97 Å². The van der Waals surface area contributed by atoms with Crippen LogP contribution in [0.25, 0.3) is 10.1 Å². The van der Waals surface area contributed by atoms with E-state index in [1.807, 2.05) is 13.0 Å². The summed E-state index contributed by atoms with van der Waals surface area (Å²) in [6.07, 6.45) is 0. The van der Waals surface area contributed by atoms with Crippen LogP contribution in [0.5, 0.6) is 0 Å². The third kappa shape index (κ3) is 1.33. The molecule has 3 N–H and O–H groups in total. The Hall–Kier alpha value is -1.55. The number of aromatic carboxylic acids is 1. The summed E-state index contributed by atoms with van der Waals surface area (Å²) in [4.78, 5) is 11.9. The molecule has 0 amide bonds. The van der Waals surface area contributed by atoms with Gasteiger partial charge in [0, 0.05) is 4.88 Å². The third-order valence-electron chi connectivity index (χ3n) is 2.02. The number of thiophene rings is 1. The van der Waals surface area contributed by atoms with Crippen molar-refractivity contribution >= 4 is 33.1 Å². The summed E-state index contributed by atoms with van der Waals surface area (Å²) in [5.41, 5.74) is 6.54. The van der Waals surface area contributed by atoms with E-state index in [4.69, 9.17) is 10.8 Å². The minimum absolute atomic E-state index is 0.243. The average Bonchev–Trinajstić information content (AvgIpc) is 2.45. The van der Waals surface area contributed by atoms with E-state index >= 15 is 0 Å². The topological polar surface area (TPSA) is 63.3 Å². The highest BCUT2D eigenvalue weighted by Gasteiger charge is 2.08. The van der Waals surface area contributed by atoms with Gasteiger partial charge in [-0.05, 0) is 30.5 Å². The Balaban J connectivity index is 2.77. The maximum Gasteiger partial charge on any atom is 0.335 e. The minimum atomic E-state index is -0.942. The number of fused-ring (bicyclic) bond motifs is 1. The standard InChI is InChI=1S/C10H9NO2S/c1-5-2-6-3-7(10(12)13)4-8(11)9(6)14-5/h2-4H,11H2,1H3,(H,12,13). The SMILES string of the molecule is Cc1cc2cc(C(=O)O)cc(N)c2s1. The van der Waals surface area contributed by atoms with Gasteiger partial charge in [-0.3, -0.25) is 0 Å². The second kappa shape index (κ2) is 2.99. The van der Waals surface area contributed by atoms with E-state index in [1.54, 1.807) is 17.4 Å². The van der Waals surface area contributed by atoms with Crippen LogP contribution in [0.4, 0.5) is 5.69 Å². The number of benzene rings is 1. The van der Waals surface area contributed by atoms with Crippen molar-refractivity contribution in [3.8, 4) is 0 Å². The molecule has 0 bridgehead atoms. The molecule has 14 heavy (non-hydrogen) atoms. The number of carboxylic acid groups (broad SMARTS) is 1. The molecular formula is C10H9NO2S. The van der Waals surface area contributed by atoms with Crippen molar-refractivity contribution in [2.75, 3.05) is 5.73 Å². The lowest BCUT2D eigenvalue weighted by Gasteiger charge is -1.98. The van der Waals surface area contributed by atoms with Crippen molar-refractivity contribution in [3.05, 3.63) is 28.6 Å². The van der Waals surface area contributed by atoms with E-state index in [2.05, 4.69) is 0 Å². The smallest absolute Gasteiger partial charge is 0.335 e. The lowest BCUT2D eigenvalue weighted by molar-refractivity contribution is 0.0697. The number of nitrogens with two attached hydrogens (primary N) is 1. The lowest BCUT2D eigenvalue weighted by Crippen LogP contribution is -1.97. The maximum atomic E-state index is 10.8. The predicted octanol–water partition coefficient (Wildman–Crippen LogP) is 2.49. The molecule has 0 fully saturated rings. The van der Waals surface area contributed by atoms with Gasteiger partial charge in [0.15, 0.2) is 0 Å². The molecule has 0 aliphatic rings. The van der Waals surface area contributed by atoms with E-state index in [1.165, 1.54) is 6.07 Å². The van der Waals surface area contributed by atoms with Crippen LogP contribution in [0.15, 0.2) is 18.2 Å². The second-order valence-corrected chi connectivity index (χ2v) is 4.40. The van der Waals surface area contributed by atoms with E-state index in [0.29, 0.717) is 5.69 Å². The molecule has 1 aromatic heterocycles. The fraction of sp³-hybridized carbons (Fsp3) is 0.100. The first-order valence-electron chi connectivity index (χ1n) is 4.11. The Morgan fingerprint density at radius 3 is 2.79 bits per heavy atom. The summed E-state index contributed by atoms with van der Waals surface area (Å²) in [6.45, 7) is 1.98. The van der Waals surface area contributed by atoms with Gasteiger partial charge in [-0.1, -0.05) is 0 Å². The fourth-order valence-electron chi connectivity index (χ4n) is 1.43. The van der Waals surface area contributed by atoms with Gasteiger partial charge in [0.2, 0.25) is 0 Å². The van der Waals surface area contributed by atoms with Gasteiger partial charge in [-0.25, -0.2) is 4.79 Å². The minimum Gasteiger partial charge on any atom is -0.478 e. The van der Waals surface area contributed by atoms with Crippen molar-refractivity contribution < 1.29 is 9.90 Å². The summed E-state index contributed by atoms with van der Waals surface area (Å²) in [5, 5.41) is 9.73. The largest absolute Gasteiger partial charge is 0.478 e. The van der Waals surface area contributed by atoms with Gasteiger partial charge in [-0.2, -0.15) is 0 Å². The molecule has 3 nitrogen and oxygen atoms in total. The molecule has 1 aromatic carbocycles. The zero-order valence-electron chi connectivity index (χ0n) is 7.57. The van der Waals surface area contributed by atoms with Gasteiger partial charge in [0.25, 0.3) is 0 Å². The molecule has 0 radical (unpaired) electrons. The molecule has 0 saturated carbocycles.